The van der Waals surface area contributed by atoms with Crippen LogP contribution in [0.15, 0.2) is 104 Å². The smallest absolute Gasteiger partial charge is 0.264 e. The third-order valence-electron chi connectivity index (χ3n) is 13.2. The van der Waals surface area contributed by atoms with Crippen LogP contribution in [0.3, 0.4) is 0 Å². The Bertz CT molecular complexity index is 3250. The molecule has 0 spiro atoms. The molecule has 1 unspecified atom stereocenters. The Morgan fingerprint density at radius 3 is 2.45 bits per heavy atom. The lowest BCUT2D eigenvalue weighted by Gasteiger charge is -2.32. The number of carbonyl (C=O) groups is 5. The van der Waals surface area contributed by atoms with Gasteiger partial charge in [-0.25, -0.2) is 13.8 Å². The van der Waals surface area contributed by atoms with Crippen LogP contribution in [-0.2, 0) is 23.2 Å². The van der Waals surface area contributed by atoms with Gasteiger partial charge in [-0.1, -0.05) is 36.4 Å². The first kappa shape index (κ1) is 46.6. The van der Waals surface area contributed by atoms with E-state index in [1.54, 1.807) is 65.6 Å². The molecule has 3 aromatic heterocycles. The quantitative estimate of drug-likeness (QED) is 0.0605. The highest BCUT2D eigenvalue weighted by Crippen LogP contribution is 2.41. The Hall–Kier alpha value is -8.13. The first-order valence-corrected chi connectivity index (χ1v) is 24.0. The number of fused-ring (bicyclic) bond motifs is 2. The second-order valence-corrected chi connectivity index (χ2v) is 18.3. The summed E-state index contributed by atoms with van der Waals surface area (Å²) >= 11 is 0.880. The fraction of sp³-hybridized carbons (Fsp3) is 0.255. The van der Waals surface area contributed by atoms with Gasteiger partial charge < -0.3 is 25.4 Å². The van der Waals surface area contributed by atoms with Crippen LogP contribution in [-0.4, -0.2) is 89.0 Å². The summed E-state index contributed by atoms with van der Waals surface area (Å²) in [5, 5.41) is 15.8. The molecule has 5 N–H and O–H groups in total. The van der Waals surface area contributed by atoms with Gasteiger partial charge in [0.25, 0.3) is 17.7 Å². The number of aryl methyl sites for hydroxylation is 1. The molecule has 2 atom stereocenters. The average Bonchev–Trinajstić information content (AvgIpc) is 4.08. The number of pyridine rings is 1. The van der Waals surface area contributed by atoms with E-state index >= 15 is 0 Å². The van der Waals surface area contributed by atoms with Crippen molar-refractivity contribution in [1.29, 1.82) is 0 Å². The van der Waals surface area contributed by atoms with Crippen LogP contribution in [0.1, 0.15) is 87.0 Å². The van der Waals surface area contributed by atoms with Gasteiger partial charge in [-0.2, -0.15) is 10.2 Å². The molecule has 0 bridgehead atoms. The number of aromatic nitrogens is 5. The summed E-state index contributed by atoms with van der Waals surface area (Å²) < 4.78 is 40.0. The van der Waals surface area contributed by atoms with Crippen LogP contribution in [0.25, 0.3) is 33.3 Å². The van der Waals surface area contributed by atoms with Crippen molar-refractivity contribution in [3.05, 3.63) is 137 Å². The zero-order valence-electron chi connectivity index (χ0n) is 38.5. The average molecular weight is 980 g/mol. The number of nitrogens with one attached hydrogen (secondary N) is 3. The summed E-state index contributed by atoms with van der Waals surface area (Å²) in [6.45, 7) is 3.20. The summed E-state index contributed by atoms with van der Waals surface area (Å²) in [4.78, 5) is 72.1. The van der Waals surface area contributed by atoms with Gasteiger partial charge in [0.2, 0.25) is 11.8 Å². The zero-order valence-corrected chi connectivity index (χ0v) is 39.3. The minimum atomic E-state index is -1.06. The van der Waals surface area contributed by atoms with Gasteiger partial charge in [-0.05, 0) is 97.8 Å². The van der Waals surface area contributed by atoms with Crippen LogP contribution in [0.2, 0.25) is 0 Å². The van der Waals surface area contributed by atoms with E-state index in [1.165, 1.54) is 12.1 Å². The van der Waals surface area contributed by atoms with Crippen molar-refractivity contribution < 1.29 is 37.5 Å². The number of likely N-dealkylation sites (tertiary alicyclic amines) is 1. The highest BCUT2D eigenvalue weighted by Gasteiger charge is 2.45. The van der Waals surface area contributed by atoms with E-state index in [2.05, 4.69) is 20.3 Å². The van der Waals surface area contributed by atoms with Crippen molar-refractivity contribution in [3.63, 3.8) is 0 Å². The number of benzene rings is 4. The number of amides is 5. The first-order valence-electron chi connectivity index (χ1n) is 23.0. The fourth-order valence-corrected chi connectivity index (χ4v) is 9.89. The third-order valence-corrected chi connectivity index (χ3v) is 13.7. The number of nitrogen functional groups attached to an aromatic ring is 1. The van der Waals surface area contributed by atoms with Gasteiger partial charge >= 0.3 is 0 Å². The van der Waals surface area contributed by atoms with Gasteiger partial charge in [0.1, 0.15) is 35.2 Å². The molecule has 5 amide bonds. The molecule has 20 heteroatoms. The number of nitrogens with zero attached hydrogens (tertiary/aromatic N) is 7. The second kappa shape index (κ2) is 19.3. The van der Waals surface area contributed by atoms with Gasteiger partial charge in [0.15, 0.2) is 6.01 Å². The molecule has 71 heavy (non-hydrogen) atoms. The van der Waals surface area contributed by atoms with E-state index in [0.717, 1.165) is 44.6 Å². The van der Waals surface area contributed by atoms with Crippen molar-refractivity contribution in [2.45, 2.75) is 57.3 Å². The maximum Gasteiger partial charge on any atom is 0.264 e. The second-order valence-electron chi connectivity index (χ2n) is 17.6. The number of halogens is 2. The first-order chi connectivity index (χ1) is 34.4. The maximum atomic E-state index is 13.7. The highest BCUT2D eigenvalue weighted by molar-refractivity contribution is 8.00. The predicted molar refractivity (Wildman–Crippen MR) is 263 cm³/mol. The van der Waals surface area contributed by atoms with E-state index in [0.29, 0.717) is 71.8 Å². The Labute approximate surface area is 409 Å². The number of nitrogens with two attached hydrogens (primary N) is 1. The van der Waals surface area contributed by atoms with Crippen LogP contribution >= 0.6 is 11.9 Å². The lowest BCUT2D eigenvalue weighted by atomic mass is 10.0. The summed E-state index contributed by atoms with van der Waals surface area (Å²) in [5.41, 5.74) is 13.7. The van der Waals surface area contributed by atoms with Crippen LogP contribution in [0.5, 0.6) is 5.75 Å². The lowest BCUT2D eigenvalue weighted by Crippen LogP contribution is -2.54. The Kier molecular flexibility index (Phi) is 12.7. The largest absolute Gasteiger partial charge is 0.484 e. The summed E-state index contributed by atoms with van der Waals surface area (Å²) in [6.07, 6.45) is 6.49. The molecule has 3 aliphatic rings. The topological polar surface area (TPSA) is 212 Å². The van der Waals surface area contributed by atoms with Gasteiger partial charge in [-0.3, -0.25) is 43.6 Å². The summed E-state index contributed by atoms with van der Waals surface area (Å²) in [6, 6.07) is 22.0. The van der Waals surface area contributed by atoms with Gasteiger partial charge in [0.05, 0.1) is 40.0 Å². The van der Waals surface area contributed by atoms with Gasteiger partial charge in [-0.15, -0.1) is 0 Å². The van der Waals surface area contributed by atoms with Crippen molar-refractivity contribution in [3.8, 4) is 28.1 Å². The Balaban J connectivity index is 0.789. The van der Waals surface area contributed by atoms with Crippen LogP contribution < -0.4 is 25.8 Å². The Morgan fingerprint density at radius 1 is 0.930 bits per heavy atom. The number of carbonyl (C=O) groups excluding carboxylic acids is 5. The third kappa shape index (κ3) is 9.01. The van der Waals surface area contributed by atoms with Crippen molar-refractivity contribution in [1.82, 2.24) is 39.7 Å². The number of imide groups is 2. The van der Waals surface area contributed by atoms with Crippen LogP contribution in [0.4, 0.5) is 26.0 Å². The molecular formula is C51H47F2N11O6S. The van der Waals surface area contributed by atoms with Crippen molar-refractivity contribution in [2.24, 2.45) is 7.05 Å². The molecule has 362 valence electrons. The van der Waals surface area contributed by atoms with E-state index < -0.39 is 41.8 Å². The molecular weight excluding hydrogens is 933 g/mol. The minimum Gasteiger partial charge on any atom is -0.484 e. The monoisotopic (exact) mass is 979 g/mol. The van der Waals surface area contributed by atoms with Crippen molar-refractivity contribution in [2.75, 3.05) is 34.9 Å². The standard InChI is InChI=1S/C51H47F2N11O6S/c1-28(30-10-13-34(53)14-11-30)70-41-22-32(12-15-38(41)60-71-27-52)45-44-46(61(2)59-45)37(25-56-47(44)54)33-24-57-63(26-33)35-18-20-62(21-19-35)49(67)31-8-6-29(7-9-31)23-55-39-5-3-4-36-43(39)51(69)64(50(36)68)40-16-17-42(65)58-48(40)66/h3-15,22,24-26,28,35,40,55,60H,16-21,23,27H2,1-2H3,(H2,54,56)(H,58,65,66)/t28-,40?/m0/s1. The highest BCUT2D eigenvalue weighted by atomic mass is 32.2. The summed E-state index contributed by atoms with van der Waals surface area (Å²) in [5.74, 6) is -1.99. The van der Waals surface area contributed by atoms with E-state index in [1.807, 2.05) is 54.0 Å². The van der Waals surface area contributed by atoms with E-state index in [-0.39, 0.29) is 47.6 Å². The molecule has 7 aromatic rings. The summed E-state index contributed by atoms with van der Waals surface area (Å²) in [7, 11) is 1.84. The number of anilines is 3. The Morgan fingerprint density at radius 2 is 1.70 bits per heavy atom. The number of hydrogen-bond donors (Lipinski definition) is 4. The maximum absolute atomic E-state index is 13.7. The lowest BCUT2D eigenvalue weighted by molar-refractivity contribution is -0.136. The van der Waals surface area contributed by atoms with Crippen LogP contribution in [0, 0.1) is 5.82 Å². The SMILES string of the molecule is C[C@H](Oc1cc(-c2nn(C)c3c(-c4cnn(C5CCN(C(=O)c6ccc(CNc7cccc8c7C(=O)N(C7CCC(=O)NC7=O)C8=O)cc6)CC5)c4)cnc(N)c23)ccc1NSCF)c1ccc(F)cc1. The van der Waals surface area contributed by atoms with E-state index in [9.17, 15) is 32.8 Å². The number of ether oxygens (including phenoxy) is 1. The predicted octanol–water partition coefficient (Wildman–Crippen LogP) is 7.84. The molecule has 3 aliphatic heterocycles. The molecule has 0 aliphatic carbocycles. The number of hydrogen-bond acceptors (Lipinski definition) is 13. The molecule has 6 heterocycles. The molecule has 10 rings (SSSR count). The van der Waals surface area contributed by atoms with Gasteiger partial charge in [0, 0.05) is 73.4 Å². The number of piperidine rings is 2. The van der Waals surface area contributed by atoms with Crippen molar-refractivity contribution >= 4 is 69.6 Å². The normalized spacial score (nSPS) is 16.6. The molecule has 0 radical (unpaired) electrons. The zero-order chi connectivity index (χ0) is 49.5. The number of rotatable bonds is 14. The van der Waals surface area contributed by atoms with E-state index in [4.69, 9.17) is 20.7 Å². The number of alkyl halides is 1. The minimum absolute atomic E-state index is 0.0341. The molecule has 0 saturated carbocycles. The molecule has 17 nitrogen and oxygen atoms in total. The fourth-order valence-electron chi connectivity index (χ4n) is 9.52. The molecule has 2 saturated heterocycles. The molecule has 4 aromatic carbocycles. The molecule has 2 fully saturated rings.